The van der Waals surface area contributed by atoms with Gasteiger partial charge in [-0.1, -0.05) is 114 Å². The van der Waals surface area contributed by atoms with Crippen molar-refractivity contribution < 1.29 is 38.4 Å². The Morgan fingerprint density at radius 2 is 1.58 bits per heavy atom. The number of aromatic nitrogens is 3. The lowest BCUT2D eigenvalue weighted by Gasteiger charge is -2.31. The standard InChI is InChI=1S/C43H50N8O6.C8H16O.C3H8.3C2H6.CH4O/c1-7-15-49(3)17-14-45-34(24-44-2)27-11-13-36-29(18-27)21-38-33-12-10-28(22-39(33)57-42(51(36)38)30-19-31(54-4)23-32(20-30)55-5)35-25-46-41(48-35)37-9-8-16-50(37)40(52)26-47-43(53)56-6;1-4-5-7(2)8(3)6-9;1-3-2;4*1-2/h10-13,18-25,37,42,45H,2,7-9,14-17,26H2,1,3-6H3,(H,46,48)(H,47,53);6-8H,4-5H2,1-3H3;3H2,1-2H3;3*1-2H3;2H,1H3/b34-24-;;;;;;. The third-order valence-electron chi connectivity index (χ3n) is 12.4. The Hall–Kier alpha value is -6.65. The van der Waals surface area contributed by atoms with E-state index >= 15 is 0 Å². The summed E-state index contributed by atoms with van der Waals surface area (Å²) in [6, 6.07) is 20.3. The molecule has 1 fully saturated rings. The van der Waals surface area contributed by atoms with Gasteiger partial charge in [0.2, 0.25) is 12.1 Å². The number of rotatable bonds is 19. The second kappa shape index (κ2) is 38.0. The zero-order chi connectivity index (χ0) is 58.0. The number of hydrogen-bond acceptors (Lipinski definition) is 12. The monoisotopic (exact) mass is 1070 g/mol. The van der Waals surface area contributed by atoms with Crippen LogP contribution in [-0.2, 0) is 14.3 Å². The number of likely N-dealkylation sites (tertiary alicyclic amines) is 1. The van der Waals surface area contributed by atoms with E-state index in [0.29, 0.717) is 35.5 Å². The number of benzene rings is 3. The molecule has 4 unspecified atom stereocenters. The Morgan fingerprint density at radius 3 is 2.17 bits per heavy atom. The van der Waals surface area contributed by atoms with Gasteiger partial charge in [-0.2, -0.15) is 0 Å². The summed E-state index contributed by atoms with van der Waals surface area (Å²) in [6.07, 6.45) is 9.70. The lowest BCUT2D eigenvalue weighted by atomic mass is 9.93. The molecule has 2 aliphatic heterocycles. The molecule has 5 aromatic rings. The molecular weight excluding hydrogens is 973 g/mol. The molecular formula is C61H96N8O8. The number of fused-ring (bicyclic) bond motifs is 5. The van der Waals surface area contributed by atoms with E-state index in [1.165, 1.54) is 26.4 Å². The number of nitrogens with one attached hydrogen (secondary N) is 3. The van der Waals surface area contributed by atoms with Gasteiger partial charge in [0, 0.05) is 67.0 Å². The quantitative estimate of drug-likeness (QED) is 0.0456. The summed E-state index contributed by atoms with van der Waals surface area (Å²) in [5.41, 5.74) is 7.37. The number of amides is 2. The number of aliphatic imine (C=N–C) groups is 1. The van der Waals surface area contributed by atoms with Crippen LogP contribution in [0.25, 0.3) is 39.1 Å². The maximum Gasteiger partial charge on any atom is 0.407 e. The number of nitrogens with zero attached hydrogens (tertiary/aromatic N) is 5. The minimum Gasteiger partial charge on any atom is -0.497 e. The van der Waals surface area contributed by atoms with Gasteiger partial charge in [-0.05, 0) is 93.5 Å². The number of likely N-dealkylation sites (N-methyl/N-ethyl adjacent to an activating group) is 1. The highest BCUT2D eigenvalue weighted by atomic mass is 16.5. The van der Waals surface area contributed by atoms with Crippen LogP contribution in [0.2, 0.25) is 0 Å². The average molecular weight is 1070 g/mol. The number of hydrogen-bond donors (Lipinski definition) is 4. The van der Waals surface area contributed by atoms with Crippen LogP contribution in [0.1, 0.15) is 151 Å². The molecule has 7 rings (SSSR count). The zero-order valence-corrected chi connectivity index (χ0v) is 49.8. The highest BCUT2D eigenvalue weighted by Gasteiger charge is 2.33. The summed E-state index contributed by atoms with van der Waals surface area (Å²) in [5.74, 6) is 3.31. The molecule has 16 heteroatoms. The molecule has 4 heterocycles. The number of imidazole rings is 1. The molecule has 4 N–H and O–H groups in total. The number of carbonyl (C=O) groups excluding carboxylic acids is 3. The molecule has 77 heavy (non-hydrogen) atoms. The Morgan fingerprint density at radius 1 is 0.922 bits per heavy atom. The molecule has 4 atom stereocenters. The van der Waals surface area contributed by atoms with Crippen molar-refractivity contribution in [1.29, 1.82) is 0 Å². The van der Waals surface area contributed by atoms with Gasteiger partial charge < -0.3 is 58.8 Å². The van der Waals surface area contributed by atoms with Crippen molar-refractivity contribution >= 4 is 41.6 Å². The predicted octanol–water partition coefficient (Wildman–Crippen LogP) is 13.0. The zero-order valence-electron chi connectivity index (χ0n) is 49.8. The van der Waals surface area contributed by atoms with Crippen molar-refractivity contribution in [2.45, 2.75) is 134 Å². The van der Waals surface area contributed by atoms with Crippen molar-refractivity contribution in [1.82, 2.24) is 35.0 Å². The van der Waals surface area contributed by atoms with E-state index in [-0.39, 0.29) is 24.4 Å². The van der Waals surface area contributed by atoms with Gasteiger partial charge in [0.05, 0.1) is 56.2 Å². The molecule has 2 aliphatic rings. The largest absolute Gasteiger partial charge is 0.497 e. The van der Waals surface area contributed by atoms with E-state index in [0.717, 1.165) is 103 Å². The number of aldehydes is 1. The first-order chi connectivity index (χ1) is 37.4. The van der Waals surface area contributed by atoms with Crippen LogP contribution in [0.4, 0.5) is 4.79 Å². The van der Waals surface area contributed by atoms with Crippen molar-refractivity contribution in [2.24, 2.45) is 16.8 Å². The fourth-order valence-corrected chi connectivity index (χ4v) is 8.59. The molecule has 428 valence electrons. The molecule has 0 aliphatic carbocycles. The number of ether oxygens (including phenoxy) is 4. The van der Waals surface area contributed by atoms with Gasteiger partial charge in [0.1, 0.15) is 35.9 Å². The number of H-pyrrole nitrogens is 1. The van der Waals surface area contributed by atoms with Gasteiger partial charge in [0.15, 0.2) is 0 Å². The summed E-state index contributed by atoms with van der Waals surface area (Å²) in [5, 5.41) is 14.1. The second-order valence-corrected chi connectivity index (χ2v) is 17.7. The number of alkyl carbamates (subject to hydrolysis) is 1. The fraction of sp³-hybridized carbons (Fsp3) is 0.525. The molecule has 0 bridgehead atoms. The molecule has 16 nitrogen and oxygen atoms in total. The smallest absolute Gasteiger partial charge is 0.407 e. The first-order valence-electron chi connectivity index (χ1n) is 27.7. The van der Waals surface area contributed by atoms with Crippen LogP contribution in [0.15, 0.2) is 78.1 Å². The maximum atomic E-state index is 13.0. The lowest BCUT2D eigenvalue weighted by molar-refractivity contribution is -0.131. The maximum absolute atomic E-state index is 13.0. The van der Waals surface area contributed by atoms with Crippen LogP contribution in [0.3, 0.4) is 0 Å². The van der Waals surface area contributed by atoms with Crippen LogP contribution < -0.4 is 24.8 Å². The number of aliphatic hydroxyl groups is 1. The molecule has 2 aromatic heterocycles. The normalized spacial score (nSPS) is 14.5. The second-order valence-electron chi connectivity index (χ2n) is 17.7. The summed E-state index contributed by atoms with van der Waals surface area (Å²) in [6.45, 7) is 31.6. The van der Waals surface area contributed by atoms with Crippen molar-refractivity contribution in [3.63, 3.8) is 0 Å². The first-order valence-corrected chi connectivity index (χ1v) is 27.7. The number of aromatic amines is 1. The van der Waals surface area contributed by atoms with Gasteiger partial charge in [-0.15, -0.1) is 0 Å². The van der Waals surface area contributed by atoms with E-state index < -0.39 is 12.3 Å². The van der Waals surface area contributed by atoms with E-state index in [9.17, 15) is 14.4 Å². The van der Waals surface area contributed by atoms with Crippen molar-refractivity contribution in [3.05, 3.63) is 90.0 Å². The van der Waals surface area contributed by atoms with Crippen LogP contribution in [0, 0.1) is 11.8 Å². The summed E-state index contributed by atoms with van der Waals surface area (Å²) >= 11 is 0. The Balaban J connectivity index is 0.00000129. The minimum absolute atomic E-state index is 0.144. The van der Waals surface area contributed by atoms with Crippen molar-refractivity contribution in [3.8, 4) is 39.8 Å². The van der Waals surface area contributed by atoms with E-state index in [2.05, 4.69) is 120 Å². The lowest BCUT2D eigenvalue weighted by Crippen LogP contribution is -2.40. The van der Waals surface area contributed by atoms with Crippen LogP contribution in [-0.4, -0.2) is 123 Å². The SMILES string of the molecule is C=N/C=C(\NCCN(C)CCC)c1ccc2c(c1)cc1n2C(c2cc(OC)cc(OC)c2)Oc2cc(-c3cnc(C4CCCN4C(=O)CNC(=O)OC)[nH]3)ccc2-1.CC.CC.CC.CCC.CCCC(C)C(C)C=O.CO. The Labute approximate surface area is 462 Å². The van der Waals surface area contributed by atoms with Gasteiger partial charge in [-0.25, -0.2) is 9.78 Å². The summed E-state index contributed by atoms with van der Waals surface area (Å²) in [7, 11) is 7.67. The average Bonchev–Trinajstić information content (AvgIpc) is 4.26. The molecule has 1 saturated heterocycles. The van der Waals surface area contributed by atoms with E-state index in [1.807, 2.05) is 72.7 Å². The number of methoxy groups -OCH3 is 3. The molecule has 0 radical (unpaired) electrons. The number of aliphatic hydroxyl groups excluding tert-OH is 1. The van der Waals surface area contributed by atoms with E-state index in [1.54, 1.807) is 31.5 Å². The Kier molecular flexibility index (Phi) is 33.7. The summed E-state index contributed by atoms with van der Waals surface area (Å²) < 4.78 is 25.2. The third-order valence-corrected chi connectivity index (χ3v) is 12.4. The first kappa shape index (κ1) is 68.4. The molecule has 2 amide bonds. The molecule has 0 saturated carbocycles. The van der Waals surface area contributed by atoms with Gasteiger partial charge in [0.25, 0.3) is 0 Å². The Bertz CT molecular complexity index is 2500. The molecule has 0 spiro atoms. The topological polar surface area (TPSA) is 185 Å². The highest BCUT2D eigenvalue weighted by molar-refractivity contribution is 5.92. The van der Waals surface area contributed by atoms with Gasteiger partial charge in [-0.3, -0.25) is 9.79 Å². The van der Waals surface area contributed by atoms with Gasteiger partial charge >= 0.3 is 6.09 Å². The predicted molar refractivity (Wildman–Crippen MR) is 318 cm³/mol. The van der Waals surface area contributed by atoms with Crippen LogP contribution >= 0.6 is 0 Å². The van der Waals surface area contributed by atoms with Crippen molar-refractivity contribution in [2.75, 3.05) is 68.2 Å². The highest BCUT2D eigenvalue weighted by Crippen LogP contribution is 2.47. The minimum atomic E-state index is -0.645. The third kappa shape index (κ3) is 19.7. The van der Waals surface area contributed by atoms with E-state index in [4.69, 9.17) is 24.3 Å². The number of carbonyl (C=O) groups is 3. The fourth-order valence-electron chi connectivity index (χ4n) is 8.59. The summed E-state index contributed by atoms with van der Waals surface area (Å²) in [4.78, 5) is 51.2. The van der Waals surface area contributed by atoms with Crippen LogP contribution in [0.5, 0.6) is 17.2 Å². The molecule has 3 aromatic carbocycles.